The summed E-state index contributed by atoms with van der Waals surface area (Å²) in [7, 11) is 0. The molecule has 0 aromatic rings. The van der Waals surface area contributed by atoms with E-state index in [4.69, 9.17) is 9.47 Å². The average Bonchev–Trinajstić information content (AvgIpc) is 2.94. The Morgan fingerprint density at radius 3 is 2.30 bits per heavy atom. The van der Waals surface area contributed by atoms with Gasteiger partial charge in [-0.25, -0.2) is 0 Å². The Bertz CT molecular complexity index is 481. The molecule has 3 fully saturated rings. The molecule has 23 heavy (non-hydrogen) atoms. The number of nitrogens with zero attached hydrogens (tertiary/aromatic N) is 1. The van der Waals surface area contributed by atoms with Gasteiger partial charge in [0.2, 0.25) is 11.8 Å². The maximum absolute atomic E-state index is 12.6. The molecule has 2 atom stereocenters. The number of ether oxygens (including phenoxy) is 2. The van der Waals surface area contributed by atoms with Crippen LogP contribution in [0.15, 0.2) is 0 Å². The van der Waals surface area contributed by atoms with Crippen molar-refractivity contribution in [3.05, 3.63) is 0 Å². The van der Waals surface area contributed by atoms with Gasteiger partial charge in [-0.2, -0.15) is 13.2 Å². The van der Waals surface area contributed by atoms with E-state index in [0.29, 0.717) is 39.1 Å². The molecule has 3 aliphatic rings. The fourth-order valence-corrected chi connectivity index (χ4v) is 3.36. The van der Waals surface area contributed by atoms with E-state index in [9.17, 15) is 22.8 Å². The Labute approximate surface area is 131 Å². The van der Waals surface area contributed by atoms with E-state index in [-0.39, 0.29) is 12.8 Å². The standard InChI is InChI=1S/C14H19F3N2O4/c15-14(16,17)10-2-1-9(11(20)18-10)12(21)19-5-3-13(4-6-19)22-7-8-23-13/h9-10H,1-8H2,(H,18,20)/t9-,10-/m1/s1. The number of likely N-dealkylation sites (tertiary alicyclic amines) is 1. The van der Waals surface area contributed by atoms with Gasteiger partial charge >= 0.3 is 6.18 Å². The molecule has 3 saturated heterocycles. The summed E-state index contributed by atoms with van der Waals surface area (Å²) < 4.78 is 49.0. The third-order valence-electron chi connectivity index (χ3n) is 4.72. The predicted molar refractivity (Wildman–Crippen MR) is 71.2 cm³/mol. The Morgan fingerprint density at radius 1 is 1.17 bits per heavy atom. The molecule has 0 aliphatic carbocycles. The van der Waals surface area contributed by atoms with Crippen molar-refractivity contribution >= 4 is 11.8 Å². The molecule has 1 spiro atoms. The van der Waals surface area contributed by atoms with Gasteiger partial charge in [0.1, 0.15) is 12.0 Å². The van der Waals surface area contributed by atoms with Crippen LogP contribution in [0.1, 0.15) is 25.7 Å². The van der Waals surface area contributed by atoms with Crippen molar-refractivity contribution in [1.29, 1.82) is 0 Å². The summed E-state index contributed by atoms with van der Waals surface area (Å²) in [5.74, 6) is -2.91. The molecule has 9 heteroatoms. The fraction of sp³-hybridized carbons (Fsp3) is 0.857. The molecule has 3 heterocycles. The first-order valence-electron chi connectivity index (χ1n) is 7.75. The average molecular weight is 336 g/mol. The fourth-order valence-electron chi connectivity index (χ4n) is 3.36. The first-order valence-corrected chi connectivity index (χ1v) is 7.75. The van der Waals surface area contributed by atoms with Gasteiger partial charge in [0.05, 0.1) is 13.2 Å². The van der Waals surface area contributed by atoms with Gasteiger partial charge in [0.15, 0.2) is 5.79 Å². The van der Waals surface area contributed by atoms with Crippen molar-refractivity contribution in [2.24, 2.45) is 5.92 Å². The maximum atomic E-state index is 12.6. The number of amides is 2. The lowest BCUT2D eigenvalue weighted by molar-refractivity contribution is -0.190. The molecule has 2 amide bonds. The summed E-state index contributed by atoms with van der Waals surface area (Å²) >= 11 is 0. The zero-order chi connectivity index (χ0) is 16.7. The van der Waals surface area contributed by atoms with E-state index in [1.807, 2.05) is 5.32 Å². The lowest BCUT2D eigenvalue weighted by atomic mass is 9.91. The van der Waals surface area contributed by atoms with Crippen molar-refractivity contribution in [1.82, 2.24) is 10.2 Å². The molecule has 0 aromatic carbocycles. The van der Waals surface area contributed by atoms with E-state index >= 15 is 0 Å². The van der Waals surface area contributed by atoms with Crippen LogP contribution in [0.2, 0.25) is 0 Å². The number of hydrogen-bond donors (Lipinski definition) is 1. The molecule has 0 unspecified atom stereocenters. The Hall–Kier alpha value is -1.35. The van der Waals surface area contributed by atoms with E-state index in [1.165, 1.54) is 4.90 Å². The highest BCUT2D eigenvalue weighted by Crippen LogP contribution is 2.33. The van der Waals surface area contributed by atoms with Crippen LogP contribution < -0.4 is 5.32 Å². The number of piperidine rings is 2. The second-order valence-corrected chi connectivity index (χ2v) is 6.17. The number of carbonyl (C=O) groups excluding carboxylic acids is 2. The second kappa shape index (κ2) is 5.94. The van der Waals surface area contributed by atoms with Crippen LogP contribution in [0.4, 0.5) is 13.2 Å². The summed E-state index contributed by atoms with van der Waals surface area (Å²) in [6, 6.07) is -1.86. The van der Waals surface area contributed by atoms with Crippen molar-refractivity contribution in [3.63, 3.8) is 0 Å². The van der Waals surface area contributed by atoms with Gasteiger partial charge < -0.3 is 19.7 Å². The number of hydrogen-bond acceptors (Lipinski definition) is 4. The molecule has 0 saturated carbocycles. The molecular weight excluding hydrogens is 317 g/mol. The van der Waals surface area contributed by atoms with Crippen molar-refractivity contribution in [3.8, 4) is 0 Å². The molecule has 6 nitrogen and oxygen atoms in total. The van der Waals surface area contributed by atoms with Gasteiger partial charge in [-0.15, -0.1) is 0 Å². The number of alkyl halides is 3. The second-order valence-electron chi connectivity index (χ2n) is 6.17. The van der Waals surface area contributed by atoms with Crippen LogP contribution in [-0.4, -0.2) is 61.0 Å². The molecule has 0 radical (unpaired) electrons. The monoisotopic (exact) mass is 336 g/mol. The smallest absolute Gasteiger partial charge is 0.347 e. The lowest BCUT2D eigenvalue weighted by Crippen LogP contribution is -2.56. The quantitative estimate of drug-likeness (QED) is 0.720. The van der Waals surface area contributed by atoms with Gasteiger partial charge in [-0.3, -0.25) is 9.59 Å². The minimum atomic E-state index is -4.47. The number of nitrogens with one attached hydrogen (secondary N) is 1. The van der Waals surface area contributed by atoms with E-state index in [0.717, 1.165) is 0 Å². The molecular formula is C14H19F3N2O4. The van der Waals surface area contributed by atoms with Crippen molar-refractivity contribution in [2.75, 3.05) is 26.3 Å². The minimum absolute atomic E-state index is 0.0799. The zero-order valence-electron chi connectivity index (χ0n) is 12.5. The highest BCUT2D eigenvalue weighted by Gasteiger charge is 2.48. The highest BCUT2D eigenvalue weighted by molar-refractivity contribution is 6.00. The molecule has 3 aliphatic heterocycles. The third kappa shape index (κ3) is 3.30. The first kappa shape index (κ1) is 16.5. The number of rotatable bonds is 1. The van der Waals surface area contributed by atoms with Gasteiger partial charge in [0, 0.05) is 25.9 Å². The Kier molecular flexibility index (Phi) is 4.26. The molecule has 130 valence electrons. The maximum Gasteiger partial charge on any atom is 0.408 e. The molecule has 0 bridgehead atoms. The largest absolute Gasteiger partial charge is 0.408 e. The zero-order valence-corrected chi connectivity index (χ0v) is 12.5. The van der Waals surface area contributed by atoms with Crippen LogP contribution in [0.5, 0.6) is 0 Å². The Morgan fingerprint density at radius 2 is 1.78 bits per heavy atom. The molecule has 1 N–H and O–H groups in total. The summed E-state index contributed by atoms with van der Waals surface area (Å²) in [5.41, 5.74) is 0. The third-order valence-corrected chi connectivity index (χ3v) is 4.72. The predicted octanol–water partition coefficient (Wildman–Crippen LogP) is 0.809. The van der Waals surface area contributed by atoms with Gasteiger partial charge in [-0.05, 0) is 12.8 Å². The van der Waals surface area contributed by atoms with Crippen LogP contribution in [-0.2, 0) is 19.1 Å². The first-order chi connectivity index (χ1) is 10.8. The van der Waals surface area contributed by atoms with E-state index < -0.39 is 35.7 Å². The number of carbonyl (C=O) groups is 2. The van der Waals surface area contributed by atoms with Crippen molar-refractivity contribution in [2.45, 2.75) is 43.7 Å². The minimum Gasteiger partial charge on any atom is -0.347 e. The Balaban J connectivity index is 1.56. The lowest BCUT2D eigenvalue weighted by Gasteiger charge is -2.39. The van der Waals surface area contributed by atoms with E-state index in [1.54, 1.807) is 0 Å². The molecule has 3 rings (SSSR count). The SMILES string of the molecule is O=C1N[C@@H](C(F)(F)F)CC[C@H]1C(=O)N1CCC2(CC1)OCCO2. The normalized spacial score (nSPS) is 31.3. The summed E-state index contributed by atoms with van der Waals surface area (Å²) in [6.45, 7) is 1.81. The van der Waals surface area contributed by atoms with Gasteiger partial charge in [0.25, 0.3) is 0 Å². The molecule has 0 aromatic heterocycles. The number of halogens is 3. The van der Waals surface area contributed by atoms with E-state index in [2.05, 4.69) is 0 Å². The van der Waals surface area contributed by atoms with Crippen LogP contribution >= 0.6 is 0 Å². The summed E-state index contributed by atoms with van der Waals surface area (Å²) in [4.78, 5) is 25.8. The van der Waals surface area contributed by atoms with Crippen LogP contribution in [0, 0.1) is 5.92 Å². The summed E-state index contributed by atoms with van der Waals surface area (Å²) in [6.07, 6.45) is -3.80. The highest BCUT2D eigenvalue weighted by atomic mass is 19.4. The summed E-state index contributed by atoms with van der Waals surface area (Å²) in [5, 5.41) is 1.91. The van der Waals surface area contributed by atoms with Gasteiger partial charge in [-0.1, -0.05) is 0 Å². The van der Waals surface area contributed by atoms with Crippen LogP contribution in [0.3, 0.4) is 0 Å². The topological polar surface area (TPSA) is 67.9 Å². The van der Waals surface area contributed by atoms with Crippen LogP contribution in [0.25, 0.3) is 0 Å². The van der Waals surface area contributed by atoms with Crippen molar-refractivity contribution < 1.29 is 32.2 Å².